The fourth-order valence-corrected chi connectivity index (χ4v) is 3.49. The molecule has 1 fully saturated rings. The number of hydrogen-bond donors (Lipinski definition) is 3. The molecule has 1 saturated heterocycles. The van der Waals surface area contributed by atoms with Crippen molar-refractivity contribution in [3.63, 3.8) is 0 Å². The number of ketones is 1. The Balaban J connectivity index is 2.13. The minimum atomic E-state index is -5.27. The van der Waals surface area contributed by atoms with Gasteiger partial charge in [0, 0.05) is 5.56 Å². The van der Waals surface area contributed by atoms with Gasteiger partial charge in [0.15, 0.2) is 5.78 Å². The fourth-order valence-electron chi connectivity index (χ4n) is 3.49. The number of halogens is 3. The molecule has 2 aromatic carbocycles. The lowest BCUT2D eigenvalue weighted by Crippen LogP contribution is -2.72. The molecule has 0 unspecified atom stereocenters. The maximum absolute atomic E-state index is 13.8. The highest BCUT2D eigenvalue weighted by Crippen LogP contribution is 2.44. The van der Waals surface area contributed by atoms with Crippen LogP contribution < -0.4 is 10.6 Å². The highest BCUT2D eigenvalue weighted by Gasteiger charge is 2.66. The van der Waals surface area contributed by atoms with Crippen LogP contribution in [0.3, 0.4) is 0 Å². The van der Waals surface area contributed by atoms with E-state index in [1.54, 1.807) is 30.3 Å². The first-order valence-corrected chi connectivity index (χ1v) is 9.11. The zero-order valence-corrected chi connectivity index (χ0v) is 15.8. The minimum Gasteiger partial charge on any atom is -0.363 e. The van der Waals surface area contributed by atoms with E-state index in [1.807, 2.05) is 13.8 Å². The minimum absolute atomic E-state index is 0.00178. The topological polar surface area (TPSA) is 78.4 Å². The Bertz CT molecular complexity index is 898. The van der Waals surface area contributed by atoms with Gasteiger partial charge in [-0.25, -0.2) is 4.79 Å². The van der Waals surface area contributed by atoms with E-state index in [0.717, 1.165) is 5.56 Å². The molecule has 3 atom stereocenters. The third-order valence-corrected chi connectivity index (χ3v) is 5.11. The van der Waals surface area contributed by atoms with E-state index in [1.165, 1.54) is 29.6 Å². The standard InChI is InChI=1S/C21H21F3N2O3/c1-12(2)13-8-10-14(11-9-13)17-16(18(27)15-6-4-3-5-7-15)20(29,21(22,23)24)26-19(28)25-17/h3-12,16-17,29H,1-2H3,(H2,25,26,28)/t16-,17-,20+/m0/s1. The molecule has 0 spiro atoms. The average Bonchev–Trinajstić information content (AvgIpc) is 2.67. The molecule has 154 valence electrons. The molecule has 2 amide bonds. The summed E-state index contributed by atoms with van der Waals surface area (Å²) >= 11 is 0. The molecule has 2 aromatic rings. The van der Waals surface area contributed by atoms with Crippen molar-refractivity contribution in [1.29, 1.82) is 0 Å². The van der Waals surface area contributed by atoms with Gasteiger partial charge in [0.2, 0.25) is 5.72 Å². The summed E-state index contributed by atoms with van der Waals surface area (Å²) in [6.07, 6.45) is -5.27. The van der Waals surface area contributed by atoms with Crippen LogP contribution in [-0.4, -0.2) is 28.8 Å². The monoisotopic (exact) mass is 406 g/mol. The third-order valence-electron chi connectivity index (χ3n) is 5.11. The van der Waals surface area contributed by atoms with E-state index < -0.39 is 35.7 Å². The highest BCUT2D eigenvalue weighted by molar-refractivity contribution is 6.00. The van der Waals surface area contributed by atoms with Crippen LogP contribution in [0.2, 0.25) is 0 Å². The Hall–Kier alpha value is -2.87. The summed E-state index contributed by atoms with van der Waals surface area (Å²) in [6, 6.07) is 11.4. The van der Waals surface area contributed by atoms with Gasteiger partial charge in [-0.15, -0.1) is 0 Å². The van der Waals surface area contributed by atoms with Crippen molar-refractivity contribution in [2.45, 2.75) is 37.7 Å². The zero-order valence-electron chi connectivity index (χ0n) is 15.8. The predicted molar refractivity (Wildman–Crippen MR) is 100 cm³/mol. The molecule has 5 nitrogen and oxygen atoms in total. The third kappa shape index (κ3) is 3.85. The molecule has 3 N–H and O–H groups in total. The number of alkyl halides is 3. The summed E-state index contributed by atoms with van der Waals surface area (Å²) in [4.78, 5) is 25.1. The SMILES string of the molecule is CC(C)c1ccc([C@@H]2NC(=O)N[C@](O)(C(F)(F)F)[C@@H]2C(=O)c2ccccc2)cc1. The van der Waals surface area contributed by atoms with Gasteiger partial charge in [0.05, 0.1) is 6.04 Å². The molecule has 3 rings (SSSR count). The summed E-state index contributed by atoms with van der Waals surface area (Å²) in [5.74, 6) is -2.76. The van der Waals surface area contributed by atoms with Crippen LogP contribution in [0.15, 0.2) is 54.6 Å². The Morgan fingerprint density at radius 3 is 2.17 bits per heavy atom. The smallest absolute Gasteiger partial charge is 0.363 e. The maximum atomic E-state index is 13.8. The van der Waals surface area contributed by atoms with Gasteiger partial charge < -0.3 is 15.7 Å². The normalized spacial score (nSPS) is 24.7. The molecule has 0 bridgehead atoms. The largest absolute Gasteiger partial charge is 0.437 e. The van der Waals surface area contributed by atoms with Crippen molar-refractivity contribution in [3.8, 4) is 0 Å². The van der Waals surface area contributed by atoms with Crippen LogP contribution in [0.1, 0.15) is 47.3 Å². The molecule has 1 aliphatic heterocycles. The molecule has 0 aliphatic carbocycles. The molecular formula is C21H21F3N2O3. The van der Waals surface area contributed by atoms with Crippen LogP contribution in [0.5, 0.6) is 0 Å². The van der Waals surface area contributed by atoms with E-state index in [0.29, 0.717) is 5.56 Å². The summed E-state index contributed by atoms with van der Waals surface area (Å²) < 4.78 is 41.5. The summed E-state index contributed by atoms with van der Waals surface area (Å²) in [5.41, 5.74) is -2.47. The predicted octanol–water partition coefficient (Wildman–Crippen LogP) is 3.91. The quantitative estimate of drug-likeness (QED) is 0.674. The number of carbonyl (C=O) groups is 2. The molecule has 0 saturated carbocycles. The van der Waals surface area contributed by atoms with Crippen molar-refractivity contribution in [1.82, 2.24) is 10.6 Å². The number of urea groups is 1. The number of hydrogen-bond acceptors (Lipinski definition) is 3. The number of Topliss-reactive ketones (excluding diaryl/α,β-unsaturated/α-hetero) is 1. The molecule has 29 heavy (non-hydrogen) atoms. The van der Waals surface area contributed by atoms with Crippen molar-refractivity contribution in [2.75, 3.05) is 0 Å². The number of aliphatic hydroxyl groups is 1. The lowest BCUT2D eigenvalue weighted by Gasteiger charge is -2.45. The lowest BCUT2D eigenvalue weighted by molar-refractivity contribution is -0.287. The number of benzene rings is 2. The van der Waals surface area contributed by atoms with Gasteiger partial charge in [-0.1, -0.05) is 68.4 Å². The zero-order chi connectivity index (χ0) is 21.4. The average molecular weight is 406 g/mol. The van der Waals surface area contributed by atoms with Crippen molar-refractivity contribution in [2.24, 2.45) is 5.92 Å². The van der Waals surface area contributed by atoms with Gasteiger partial charge in [0.25, 0.3) is 0 Å². The van der Waals surface area contributed by atoms with Gasteiger partial charge >= 0.3 is 12.2 Å². The van der Waals surface area contributed by atoms with E-state index in [4.69, 9.17) is 0 Å². The summed E-state index contributed by atoms with van der Waals surface area (Å²) in [7, 11) is 0. The molecule has 1 heterocycles. The Kier molecular flexibility index (Phi) is 5.40. The number of carbonyl (C=O) groups excluding carboxylic acids is 2. The number of amides is 2. The second kappa shape index (κ2) is 7.51. The van der Waals surface area contributed by atoms with Crippen molar-refractivity contribution >= 4 is 11.8 Å². The van der Waals surface area contributed by atoms with E-state index >= 15 is 0 Å². The van der Waals surface area contributed by atoms with Crippen LogP contribution in [-0.2, 0) is 0 Å². The van der Waals surface area contributed by atoms with Crippen LogP contribution >= 0.6 is 0 Å². The van der Waals surface area contributed by atoms with Gasteiger partial charge in [0.1, 0.15) is 5.92 Å². The van der Waals surface area contributed by atoms with E-state index in [2.05, 4.69) is 5.32 Å². The molecule has 1 aliphatic rings. The maximum Gasteiger partial charge on any atom is 0.437 e. The summed E-state index contributed by atoms with van der Waals surface area (Å²) in [6.45, 7) is 3.93. The van der Waals surface area contributed by atoms with E-state index in [9.17, 15) is 27.9 Å². The first kappa shape index (κ1) is 20.9. The van der Waals surface area contributed by atoms with Gasteiger partial charge in [-0.05, 0) is 17.0 Å². The highest BCUT2D eigenvalue weighted by atomic mass is 19.4. The van der Waals surface area contributed by atoms with Crippen LogP contribution in [0.25, 0.3) is 0 Å². The number of rotatable bonds is 4. The molecule has 0 radical (unpaired) electrons. The molecule has 0 aromatic heterocycles. The van der Waals surface area contributed by atoms with Crippen molar-refractivity contribution in [3.05, 3.63) is 71.3 Å². The van der Waals surface area contributed by atoms with Crippen LogP contribution in [0.4, 0.5) is 18.0 Å². The Labute approximate surface area is 165 Å². The second-order valence-corrected chi connectivity index (χ2v) is 7.37. The van der Waals surface area contributed by atoms with E-state index in [-0.39, 0.29) is 11.5 Å². The van der Waals surface area contributed by atoms with Crippen LogP contribution in [0, 0.1) is 5.92 Å². The fraction of sp³-hybridized carbons (Fsp3) is 0.333. The van der Waals surface area contributed by atoms with Gasteiger partial charge in [-0.2, -0.15) is 13.2 Å². The lowest BCUT2D eigenvalue weighted by atomic mass is 9.77. The van der Waals surface area contributed by atoms with Gasteiger partial charge in [-0.3, -0.25) is 4.79 Å². The molecule has 8 heteroatoms. The van der Waals surface area contributed by atoms with Crippen molar-refractivity contribution < 1.29 is 27.9 Å². The second-order valence-electron chi connectivity index (χ2n) is 7.37. The molecular weight excluding hydrogens is 385 g/mol. The Morgan fingerprint density at radius 2 is 1.66 bits per heavy atom. The Morgan fingerprint density at radius 1 is 1.07 bits per heavy atom. The number of nitrogens with one attached hydrogen (secondary N) is 2. The first-order valence-electron chi connectivity index (χ1n) is 9.11. The summed E-state index contributed by atoms with van der Waals surface area (Å²) in [5, 5.41) is 14.4. The first-order chi connectivity index (χ1) is 13.5.